The lowest BCUT2D eigenvalue weighted by atomic mass is 10.1. The molecule has 0 unspecified atom stereocenters. The minimum absolute atomic E-state index is 0.0370. The fourth-order valence-electron chi connectivity index (χ4n) is 0.699. The molecule has 0 aromatic rings. The number of allylic oxidation sites excluding steroid dienone is 2. The van der Waals surface area contributed by atoms with Gasteiger partial charge in [-0.1, -0.05) is 12.2 Å². The largest absolute Gasteiger partial charge is 0.481 e. The quantitative estimate of drug-likeness (QED) is 0.460. The van der Waals surface area contributed by atoms with Crippen molar-refractivity contribution in [3.63, 3.8) is 0 Å². The highest BCUT2D eigenvalue weighted by Crippen LogP contribution is 2.03. The van der Waals surface area contributed by atoms with Crippen LogP contribution in [0.15, 0.2) is 25.3 Å². The zero-order valence-corrected chi connectivity index (χ0v) is 9.33. The normalized spacial score (nSPS) is 8.76. The Morgan fingerprint density at radius 3 is 1.59 bits per heavy atom. The minimum atomic E-state index is -1.35. The van der Waals surface area contributed by atoms with Gasteiger partial charge in [-0.3, -0.25) is 14.4 Å². The van der Waals surface area contributed by atoms with Crippen LogP contribution in [0.5, 0.6) is 0 Å². The van der Waals surface area contributed by atoms with E-state index in [-0.39, 0.29) is 12.8 Å². The van der Waals surface area contributed by atoms with Gasteiger partial charge in [0.15, 0.2) is 5.92 Å². The number of carboxylic acid groups (broad SMARTS) is 3. The fraction of sp³-hybridized carbons (Fsp3) is 0.364. The molecule has 0 amide bonds. The van der Waals surface area contributed by atoms with Gasteiger partial charge in [-0.2, -0.15) is 0 Å². The first kappa shape index (κ1) is 17.3. The molecule has 0 aromatic carbocycles. The van der Waals surface area contributed by atoms with E-state index in [0.717, 1.165) is 0 Å². The molecule has 0 saturated heterocycles. The van der Waals surface area contributed by atoms with E-state index in [9.17, 15) is 14.4 Å². The highest BCUT2D eigenvalue weighted by Gasteiger charge is 2.23. The summed E-state index contributed by atoms with van der Waals surface area (Å²) in [4.78, 5) is 29.9. The summed E-state index contributed by atoms with van der Waals surface area (Å²) in [5, 5.41) is 24.5. The molecule has 3 N–H and O–H groups in total. The average molecular weight is 244 g/mol. The summed E-state index contributed by atoms with van der Waals surface area (Å²) in [5.74, 6) is -4.77. The number of carboxylic acids is 3. The second-order valence-electron chi connectivity index (χ2n) is 2.97. The van der Waals surface area contributed by atoms with E-state index in [1.165, 1.54) is 6.08 Å². The Hall–Kier alpha value is -2.11. The molecule has 0 spiro atoms. The van der Waals surface area contributed by atoms with Crippen molar-refractivity contribution in [3.8, 4) is 0 Å². The van der Waals surface area contributed by atoms with Crippen LogP contribution in [0.2, 0.25) is 0 Å². The summed E-state index contributed by atoms with van der Waals surface area (Å²) in [7, 11) is 0. The molecule has 0 aliphatic carbocycles. The van der Waals surface area contributed by atoms with Crippen LogP contribution in [-0.2, 0) is 14.4 Å². The molecule has 96 valence electrons. The van der Waals surface area contributed by atoms with E-state index in [1.54, 1.807) is 6.08 Å². The van der Waals surface area contributed by atoms with Crippen LogP contribution in [0.1, 0.15) is 19.3 Å². The monoisotopic (exact) mass is 244 g/mol. The van der Waals surface area contributed by atoms with Gasteiger partial charge >= 0.3 is 17.9 Å². The lowest BCUT2D eigenvalue weighted by Crippen LogP contribution is -2.22. The summed E-state index contributed by atoms with van der Waals surface area (Å²) in [6, 6.07) is 0. The second-order valence-corrected chi connectivity index (χ2v) is 2.97. The molecule has 0 atom stereocenters. The highest BCUT2D eigenvalue weighted by molar-refractivity contribution is 5.92. The van der Waals surface area contributed by atoms with Gasteiger partial charge in [0, 0.05) is 6.42 Å². The van der Waals surface area contributed by atoms with Gasteiger partial charge in [0.1, 0.15) is 0 Å². The maximum absolute atomic E-state index is 10.1. The molecule has 0 heterocycles. The number of carbonyl (C=O) groups is 3. The van der Waals surface area contributed by atoms with Gasteiger partial charge in [-0.25, -0.2) is 0 Å². The van der Waals surface area contributed by atoms with Gasteiger partial charge in [-0.15, -0.1) is 13.2 Å². The van der Waals surface area contributed by atoms with Gasteiger partial charge in [0.25, 0.3) is 0 Å². The van der Waals surface area contributed by atoms with Crippen LogP contribution < -0.4 is 0 Å². The molecule has 0 saturated carbocycles. The van der Waals surface area contributed by atoms with Crippen molar-refractivity contribution in [1.29, 1.82) is 0 Å². The molecule has 0 aliphatic rings. The third-order valence-corrected chi connectivity index (χ3v) is 1.56. The van der Waals surface area contributed by atoms with Gasteiger partial charge in [0.05, 0.1) is 0 Å². The Labute approximate surface area is 98.9 Å². The minimum Gasteiger partial charge on any atom is -0.481 e. The molecule has 0 aliphatic heterocycles. The van der Waals surface area contributed by atoms with E-state index in [4.69, 9.17) is 15.3 Å². The SMILES string of the molecule is C=CCC(C(=O)O)C(=O)O.C=CCCC(=O)O. The summed E-state index contributed by atoms with van der Waals surface area (Å²) in [6.07, 6.45) is 3.59. The molecular formula is C11H16O6. The molecule has 6 nitrogen and oxygen atoms in total. The van der Waals surface area contributed by atoms with E-state index in [2.05, 4.69) is 13.2 Å². The zero-order valence-electron chi connectivity index (χ0n) is 9.33. The number of rotatable bonds is 7. The molecule has 0 fully saturated rings. The first-order valence-corrected chi connectivity index (χ1v) is 4.76. The van der Waals surface area contributed by atoms with E-state index < -0.39 is 23.8 Å². The standard InChI is InChI=1S/C6H8O4.C5H8O2/c1-2-3-4(5(7)8)6(9)10;1-2-3-4-5(6)7/h2,4H,1,3H2,(H,7,8)(H,9,10);2H,1,3-4H2,(H,6,7). The van der Waals surface area contributed by atoms with Crippen molar-refractivity contribution < 1.29 is 29.7 Å². The van der Waals surface area contributed by atoms with Crippen LogP contribution in [0, 0.1) is 5.92 Å². The van der Waals surface area contributed by atoms with Crippen LogP contribution >= 0.6 is 0 Å². The van der Waals surface area contributed by atoms with Crippen molar-refractivity contribution >= 4 is 17.9 Å². The molecule has 0 rings (SSSR count). The smallest absolute Gasteiger partial charge is 0.318 e. The number of hydrogen-bond donors (Lipinski definition) is 3. The molecular weight excluding hydrogens is 228 g/mol. The first-order chi connectivity index (χ1) is 7.86. The first-order valence-electron chi connectivity index (χ1n) is 4.76. The number of aliphatic carboxylic acids is 3. The summed E-state index contributed by atoms with van der Waals surface area (Å²) in [5.41, 5.74) is 0. The van der Waals surface area contributed by atoms with Crippen LogP contribution in [0.4, 0.5) is 0 Å². The van der Waals surface area contributed by atoms with E-state index in [0.29, 0.717) is 6.42 Å². The van der Waals surface area contributed by atoms with Crippen molar-refractivity contribution in [1.82, 2.24) is 0 Å². The van der Waals surface area contributed by atoms with Crippen molar-refractivity contribution in [3.05, 3.63) is 25.3 Å². The Morgan fingerprint density at radius 1 is 1.00 bits per heavy atom. The fourth-order valence-corrected chi connectivity index (χ4v) is 0.699. The Kier molecular flexibility index (Phi) is 10.6. The van der Waals surface area contributed by atoms with Crippen molar-refractivity contribution in [2.24, 2.45) is 5.92 Å². The van der Waals surface area contributed by atoms with Gasteiger partial charge in [-0.05, 0) is 12.8 Å². The van der Waals surface area contributed by atoms with Crippen molar-refractivity contribution in [2.45, 2.75) is 19.3 Å². The third-order valence-electron chi connectivity index (χ3n) is 1.56. The molecule has 0 radical (unpaired) electrons. The van der Waals surface area contributed by atoms with Crippen molar-refractivity contribution in [2.75, 3.05) is 0 Å². The Morgan fingerprint density at radius 2 is 1.47 bits per heavy atom. The van der Waals surface area contributed by atoms with Gasteiger partial charge in [0.2, 0.25) is 0 Å². The maximum Gasteiger partial charge on any atom is 0.318 e. The lowest BCUT2D eigenvalue weighted by molar-refractivity contribution is -0.154. The predicted molar refractivity (Wildman–Crippen MR) is 60.6 cm³/mol. The summed E-state index contributed by atoms with van der Waals surface area (Å²) < 4.78 is 0. The molecule has 0 bridgehead atoms. The van der Waals surface area contributed by atoms with E-state index >= 15 is 0 Å². The molecule has 0 aromatic heterocycles. The van der Waals surface area contributed by atoms with E-state index in [1.807, 2.05) is 0 Å². The van der Waals surface area contributed by atoms with Crippen LogP contribution in [0.3, 0.4) is 0 Å². The maximum atomic E-state index is 10.1. The predicted octanol–water partition coefficient (Wildman–Crippen LogP) is 1.39. The van der Waals surface area contributed by atoms with Gasteiger partial charge < -0.3 is 15.3 Å². The Balaban J connectivity index is 0. The second kappa shape index (κ2) is 10.4. The topological polar surface area (TPSA) is 112 Å². The number of hydrogen-bond acceptors (Lipinski definition) is 3. The van der Waals surface area contributed by atoms with Crippen LogP contribution in [0.25, 0.3) is 0 Å². The van der Waals surface area contributed by atoms with Crippen LogP contribution in [-0.4, -0.2) is 33.2 Å². The molecule has 6 heteroatoms. The molecule has 17 heavy (non-hydrogen) atoms. The Bertz CT molecular complexity index is 280. The third kappa shape index (κ3) is 11.8. The summed E-state index contributed by atoms with van der Waals surface area (Å²) >= 11 is 0. The summed E-state index contributed by atoms with van der Waals surface area (Å²) in [6.45, 7) is 6.61. The highest BCUT2D eigenvalue weighted by atomic mass is 16.4. The lowest BCUT2D eigenvalue weighted by Gasteiger charge is -2.01. The zero-order chi connectivity index (χ0) is 13.8. The average Bonchev–Trinajstić information content (AvgIpc) is 2.22.